The SMILES string of the molecule is CC[C@H](C)C(=O)OC[C@@]12[C@@H](O)C[C@]3(C)C(=CC[C@@H]4[C@@]5(C)CC[C@H](O[C@@H]6O[C@H](C(=O)O)[C@@H](O)[C@H](O)[C@H]6O)[C@@](C)(CO)[C@H]5CC[C@]43C)[C@@H]1CC(C)(C)[C@@H](O)[C@@H]2O. The maximum Gasteiger partial charge on any atom is 0.335 e. The Balaban J connectivity index is 1.34. The molecular formula is C41H66O13. The van der Waals surface area contributed by atoms with Gasteiger partial charge in [-0.15, -0.1) is 0 Å². The third-order valence-corrected chi connectivity index (χ3v) is 16.8. The first-order chi connectivity index (χ1) is 25.0. The molecule has 4 saturated carbocycles. The van der Waals surface area contributed by atoms with Crippen LogP contribution in [0.25, 0.3) is 0 Å². The van der Waals surface area contributed by atoms with Gasteiger partial charge < -0.3 is 55.1 Å². The summed E-state index contributed by atoms with van der Waals surface area (Å²) in [5, 5.41) is 88.0. The number of carboxylic acids is 1. The highest BCUT2D eigenvalue weighted by Crippen LogP contribution is 2.76. The highest BCUT2D eigenvalue weighted by molar-refractivity contribution is 5.73. The molecule has 1 aliphatic heterocycles. The molecule has 0 unspecified atom stereocenters. The lowest BCUT2D eigenvalue weighted by molar-refractivity contribution is -0.328. The Morgan fingerprint density at radius 1 is 0.907 bits per heavy atom. The fraction of sp³-hybridized carbons (Fsp3) is 0.902. The van der Waals surface area contributed by atoms with Crippen LogP contribution >= 0.6 is 0 Å². The molecule has 5 fully saturated rings. The zero-order valence-corrected chi connectivity index (χ0v) is 33.3. The first-order valence-electron chi connectivity index (χ1n) is 20.1. The molecule has 13 heteroatoms. The van der Waals surface area contributed by atoms with Crippen molar-refractivity contribution in [2.75, 3.05) is 13.2 Å². The maximum atomic E-state index is 13.0. The van der Waals surface area contributed by atoms with Crippen molar-refractivity contribution in [3.8, 4) is 0 Å². The molecule has 0 amide bonds. The largest absolute Gasteiger partial charge is 0.479 e. The van der Waals surface area contributed by atoms with Crippen LogP contribution in [0.3, 0.4) is 0 Å². The van der Waals surface area contributed by atoms with Gasteiger partial charge in [0.15, 0.2) is 12.4 Å². The minimum Gasteiger partial charge on any atom is -0.479 e. The van der Waals surface area contributed by atoms with Crippen LogP contribution in [0.4, 0.5) is 0 Å². The standard InChI is InChI=1S/C41H66O13/c1-9-20(2)34(51)52-19-41-22(16-36(3,4)31(47)32(41)48)21-10-11-24-37(5)14-13-26(53-35-29(46)27(44)28(45)30(54-35)33(49)50)38(6,18-42)23(37)12-15-39(24,7)40(21,8)17-25(41)43/h10,20,22-32,35,42-48H,9,11-19H2,1-8H3,(H,49,50)/t20-,22-,23-,24+,25-,26-,27-,28-,29+,30-,31-,32-,35+,37-,38-,39+,40+,41-/m0/s1. The fourth-order valence-corrected chi connectivity index (χ4v) is 12.9. The van der Waals surface area contributed by atoms with Crippen LogP contribution in [0.15, 0.2) is 11.6 Å². The number of carboxylic acid groups (broad SMARTS) is 1. The first-order valence-corrected chi connectivity index (χ1v) is 20.1. The molecule has 0 spiro atoms. The first kappa shape index (κ1) is 41.9. The summed E-state index contributed by atoms with van der Waals surface area (Å²) in [5.41, 5.74) is -2.80. The van der Waals surface area contributed by atoms with Gasteiger partial charge in [-0.3, -0.25) is 4.79 Å². The van der Waals surface area contributed by atoms with Gasteiger partial charge in [0.25, 0.3) is 0 Å². The quantitative estimate of drug-likeness (QED) is 0.101. The van der Waals surface area contributed by atoms with Gasteiger partial charge in [-0.05, 0) is 90.8 Å². The average molecular weight is 767 g/mol. The zero-order chi connectivity index (χ0) is 40.1. The number of aliphatic hydroxyl groups is 7. The van der Waals surface area contributed by atoms with Crippen LogP contribution in [0.1, 0.15) is 107 Å². The second-order valence-corrected chi connectivity index (χ2v) is 19.7. The van der Waals surface area contributed by atoms with Crippen molar-refractivity contribution in [2.24, 2.45) is 56.2 Å². The van der Waals surface area contributed by atoms with Gasteiger partial charge in [0.1, 0.15) is 24.9 Å². The Kier molecular flexibility index (Phi) is 10.9. The number of rotatable bonds is 8. The molecule has 6 rings (SSSR count). The number of hydrogen-bond donors (Lipinski definition) is 8. The predicted octanol–water partition coefficient (Wildman–Crippen LogP) is 2.54. The number of aliphatic carboxylic acids is 1. The summed E-state index contributed by atoms with van der Waals surface area (Å²) in [6, 6.07) is 0. The molecule has 308 valence electrons. The minimum absolute atomic E-state index is 0.0601. The molecule has 0 radical (unpaired) electrons. The molecule has 8 N–H and O–H groups in total. The Morgan fingerprint density at radius 3 is 2.19 bits per heavy atom. The lowest BCUT2D eigenvalue weighted by atomic mass is 9.33. The lowest BCUT2D eigenvalue weighted by Gasteiger charge is -2.72. The predicted molar refractivity (Wildman–Crippen MR) is 194 cm³/mol. The van der Waals surface area contributed by atoms with Crippen molar-refractivity contribution in [3.05, 3.63) is 11.6 Å². The van der Waals surface area contributed by atoms with E-state index >= 15 is 0 Å². The number of allylic oxidation sites excluding steroid dienone is 2. The molecule has 6 aliphatic rings. The van der Waals surface area contributed by atoms with Crippen LogP contribution in [-0.4, -0.2) is 121 Å². The van der Waals surface area contributed by atoms with Gasteiger partial charge >= 0.3 is 11.9 Å². The van der Waals surface area contributed by atoms with E-state index in [0.717, 1.165) is 12.0 Å². The highest BCUT2D eigenvalue weighted by Gasteiger charge is 2.73. The monoisotopic (exact) mass is 766 g/mol. The van der Waals surface area contributed by atoms with E-state index in [0.29, 0.717) is 44.9 Å². The van der Waals surface area contributed by atoms with E-state index < -0.39 is 82.8 Å². The van der Waals surface area contributed by atoms with Gasteiger partial charge in [-0.1, -0.05) is 67.0 Å². The zero-order valence-electron chi connectivity index (χ0n) is 33.3. The maximum absolute atomic E-state index is 13.0. The van der Waals surface area contributed by atoms with E-state index in [9.17, 15) is 50.4 Å². The summed E-state index contributed by atoms with van der Waals surface area (Å²) in [6.07, 6.45) is -5.81. The summed E-state index contributed by atoms with van der Waals surface area (Å²) in [7, 11) is 0. The molecule has 1 heterocycles. The fourth-order valence-electron chi connectivity index (χ4n) is 12.9. The summed E-state index contributed by atoms with van der Waals surface area (Å²) < 4.78 is 17.7. The molecule has 0 aromatic heterocycles. The number of ether oxygens (including phenoxy) is 3. The molecule has 0 aromatic rings. The van der Waals surface area contributed by atoms with Gasteiger partial charge in [-0.25, -0.2) is 4.79 Å². The van der Waals surface area contributed by atoms with Crippen molar-refractivity contribution < 1.29 is 64.7 Å². The van der Waals surface area contributed by atoms with Crippen LogP contribution in [0.2, 0.25) is 0 Å². The van der Waals surface area contributed by atoms with Crippen LogP contribution in [-0.2, 0) is 23.8 Å². The summed E-state index contributed by atoms with van der Waals surface area (Å²) in [6.45, 7) is 15.9. The highest BCUT2D eigenvalue weighted by atomic mass is 16.7. The van der Waals surface area contributed by atoms with E-state index in [1.54, 1.807) is 6.92 Å². The normalized spacial score (nSPS) is 51.7. The number of carbonyl (C=O) groups excluding carboxylic acids is 1. The lowest BCUT2D eigenvalue weighted by Crippen LogP contribution is -2.72. The van der Waals surface area contributed by atoms with Gasteiger partial charge in [0.2, 0.25) is 0 Å². The van der Waals surface area contributed by atoms with Crippen molar-refractivity contribution >= 4 is 11.9 Å². The topological polar surface area (TPSA) is 224 Å². The van der Waals surface area contributed by atoms with E-state index in [1.807, 2.05) is 27.7 Å². The minimum atomic E-state index is -1.84. The van der Waals surface area contributed by atoms with Crippen molar-refractivity contribution in [1.82, 2.24) is 0 Å². The second kappa shape index (κ2) is 14.0. The number of hydrogen-bond acceptors (Lipinski definition) is 12. The summed E-state index contributed by atoms with van der Waals surface area (Å²) >= 11 is 0. The van der Waals surface area contributed by atoms with Gasteiger partial charge in [0.05, 0.1) is 42.4 Å². The van der Waals surface area contributed by atoms with E-state index in [4.69, 9.17) is 14.2 Å². The van der Waals surface area contributed by atoms with E-state index in [2.05, 4.69) is 26.8 Å². The number of fused-ring (bicyclic) bond motifs is 7. The van der Waals surface area contributed by atoms with Crippen LogP contribution < -0.4 is 0 Å². The summed E-state index contributed by atoms with van der Waals surface area (Å²) in [4.78, 5) is 24.8. The van der Waals surface area contributed by atoms with Gasteiger partial charge in [0, 0.05) is 5.41 Å². The smallest absolute Gasteiger partial charge is 0.335 e. The molecular weight excluding hydrogens is 700 g/mol. The molecule has 54 heavy (non-hydrogen) atoms. The van der Waals surface area contributed by atoms with Crippen LogP contribution in [0, 0.1) is 56.2 Å². The summed E-state index contributed by atoms with van der Waals surface area (Å²) in [5.74, 6) is -2.53. The van der Waals surface area contributed by atoms with Crippen molar-refractivity contribution in [2.45, 2.75) is 162 Å². The van der Waals surface area contributed by atoms with E-state index in [1.165, 1.54) is 0 Å². The average Bonchev–Trinajstić information content (AvgIpc) is 3.11. The second-order valence-electron chi connectivity index (χ2n) is 19.7. The Labute approximate surface area is 319 Å². The Hall–Kier alpha value is -1.68. The molecule has 0 bridgehead atoms. The Morgan fingerprint density at radius 2 is 1.57 bits per heavy atom. The molecule has 1 saturated heterocycles. The van der Waals surface area contributed by atoms with E-state index in [-0.39, 0.29) is 53.7 Å². The number of carbonyl (C=O) groups is 2. The van der Waals surface area contributed by atoms with Crippen molar-refractivity contribution in [1.29, 1.82) is 0 Å². The molecule has 5 aliphatic carbocycles. The van der Waals surface area contributed by atoms with Crippen LogP contribution in [0.5, 0.6) is 0 Å². The van der Waals surface area contributed by atoms with Crippen molar-refractivity contribution in [3.63, 3.8) is 0 Å². The third kappa shape index (κ3) is 5.80. The van der Waals surface area contributed by atoms with Gasteiger partial charge in [-0.2, -0.15) is 0 Å². The number of aliphatic hydroxyl groups excluding tert-OH is 7. The molecule has 18 atom stereocenters. The third-order valence-electron chi connectivity index (χ3n) is 16.8. The number of esters is 1. The molecule has 13 nitrogen and oxygen atoms in total. The Bertz CT molecular complexity index is 1480. The molecule has 0 aromatic carbocycles.